The van der Waals surface area contributed by atoms with Gasteiger partial charge in [-0.25, -0.2) is 0 Å². The normalized spacial score (nSPS) is 20.5. The van der Waals surface area contributed by atoms with Crippen LogP contribution >= 0.6 is 11.8 Å². The molecule has 0 saturated heterocycles. The van der Waals surface area contributed by atoms with Crippen LogP contribution in [0.4, 0.5) is 0 Å². The summed E-state index contributed by atoms with van der Waals surface area (Å²) in [6.45, 7) is 5.29. The first-order valence-electron chi connectivity index (χ1n) is 4.95. The Morgan fingerprint density at radius 2 is 2.43 bits per heavy atom. The molecule has 1 unspecified atom stereocenters. The molecule has 3 heteroatoms. The molecule has 1 aliphatic rings. The van der Waals surface area contributed by atoms with Crippen molar-refractivity contribution >= 4 is 11.8 Å². The molecule has 14 heavy (non-hydrogen) atoms. The van der Waals surface area contributed by atoms with Gasteiger partial charge in [0.15, 0.2) is 0 Å². The van der Waals surface area contributed by atoms with E-state index in [4.69, 9.17) is 5.26 Å². The van der Waals surface area contributed by atoms with Crippen LogP contribution in [-0.4, -0.2) is 16.8 Å². The predicted molar refractivity (Wildman–Crippen MR) is 61.5 cm³/mol. The van der Waals surface area contributed by atoms with Crippen molar-refractivity contribution in [2.75, 3.05) is 6.54 Å². The van der Waals surface area contributed by atoms with Crippen molar-refractivity contribution in [2.45, 2.75) is 32.1 Å². The van der Waals surface area contributed by atoms with Gasteiger partial charge in [0.25, 0.3) is 0 Å². The quantitative estimate of drug-likeness (QED) is 0.664. The van der Waals surface area contributed by atoms with Crippen LogP contribution in [0.5, 0.6) is 0 Å². The van der Waals surface area contributed by atoms with E-state index in [1.54, 1.807) is 0 Å². The fraction of sp³-hybridized carbons (Fsp3) is 0.545. The average molecular weight is 208 g/mol. The molecule has 0 aromatic carbocycles. The lowest BCUT2D eigenvalue weighted by Crippen LogP contribution is -2.29. The van der Waals surface area contributed by atoms with Gasteiger partial charge in [-0.1, -0.05) is 18.9 Å². The molecular weight excluding hydrogens is 192 g/mol. The highest BCUT2D eigenvalue weighted by molar-refractivity contribution is 8.04. The Morgan fingerprint density at radius 1 is 1.64 bits per heavy atom. The van der Waals surface area contributed by atoms with Crippen molar-refractivity contribution in [1.82, 2.24) is 4.90 Å². The van der Waals surface area contributed by atoms with E-state index < -0.39 is 0 Å². The summed E-state index contributed by atoms with van der Waals surface area (Å²) in [7, 11) is 0. The van der Waals surface area contributed by atoms with Crippen LogP contribution in [0, 0.1) is 10.7 Å². The minimum Gasteiger partial charge on any atom is -0.361 e. The third-order valence-corrected chi connectivity index (χ3v) is 2.96. The van der Waals surface area contributed by atoms with Crippen LogP contribution in [0.25, 0.3) is 0 Å². The summed E-state index contributed by atoms with van der Waals surface area (Å²) in [6, 6.07) is 0. The topological polar surface area (TPSA) is 27.0 Å². The molecule has 0 amide bonds. The van der Waals surface area contributed by atoms with E-state index in [1.807, 2.05) is 0 Å². The van der Waals surface area contributed by atoms with Crippen LogP contribution in [0.15, 0.2) is 23.9 Å². The molecule has 76 valence electrons. The summed E-state index contributed by atoms with van der Waals surface area (Å²) in [6.07, 6.45) is 8.71. The number of rotatable bonds is 4. The molecule has 1 atom stereocenters. The molecule has 0 aromatic rings. The first-order valence-corrected chi connectivity index (χ1v) is 5.83. The molecule has 1 heterocycles. The zero-order valence-corrected chi connectivity index (χ0v) is 9.55. The second kappa shape index (κ2) is 5.77. The Kier molecular flexibility index (Phi) is 4.61. The molecule has 2 nitrogen and oxygen atoms in total. The summed E-state index contributed by atoms with van der Waals surface area (Å²) >= 11 is 1.32. The second-order valence-corrected chi connectivity index (χ2v) is 4.32. The number of thioether (sulfide) groups is 1. The Balaban J connectivity index is 2.57. The first kappa shape index (κ1) is 11.2. The highest BCUT2D eigenvalue weighted by Gasteiger charge is 2.15. The number of thiocyanates is 1. The van der Waals surface area contributed by atoms with Gasteiger partial charge in [0.2, 0.25) is 0 Å². The summed E-state index contributed by atoms with van der Waals surface area (Å²) in [5, 5.41) is 11.0. The molecule has 1 aliphatic heterocycles. The minimum atomic E-state index is 0.205. The molecule has 0 fully saturated rings. The van der Waals surface area contributed by atoms with Gasteiger partial charge >= 0.3 is 0 Å². The van der Waals surface area contributed by atoms with Gasteiger partial charge in [-0.2, -0.15) is 5.26 Å². The van der Waals surface area contributed by atoms with Gasteiger partial charge in [-0.15, -0.1) is 0 Å². The van der Waals surface area contributed by atoms with Crippen LogP contribution in [-0.2, 0) is 0 Å². The summed E-state index contributed by atoms with van der Waals surface area (Å²) in [4.78, 5) is 2.23. The number of unbranched alkanes of at least 4 members (excludes halogenated alkanes) is 1. The Bertz CT molecular complexity index is 276. The second-order valence-electron chi connectivity index (χ2n) is 3.42. The largest absolute Gasteiger partial charge is 0.361 e. The van der Waals surface area contributed by atoms with Crippen LogP contribution in [0.2, 0.25) is 0 Å². The average Bonchev–Trinajstić information content (AvgIpc) is 2.17. The molecule has 0 bridgehead atoms. The van der Waals surface area contributed by atoms with Crippen molar-refractivity contribution in [3.05, 3.63) is 23.9 Å². The SMILES string of the molecule is CCCCN1C=CC(C)=CC1SC#N. The van der Waals surface area contributed by atoms with E-state index in [-0.39, 0.29) is 5.37 Å². The maximum Gasteiger partial charge on any atom is 0.135 e. The van der Waals surface area contributed by atoms with Gasteiger partial charge in [0, 0.05) is 12.7 Å². The van der Waals surface area contributed by atoms with Crippen LogP contribution in [0.3, 0.4) is 0 Å². The molecular formula is C11H16N2S. The van der Waals surface area contributed by atoms with Crippen molar-refractivity contribution in [1.29, 1.82) is 5.26 Å². The van der Waals surface area contributed by atoms with E-state index in [1.165, 1.54) is 30.2 Å². The van der Waals surface area contributed by atoms with E-state index >= 15 is 0 Å². The summed E-state index contributed by atoms with van der Waals surface area (Å²) < 4.78 is 0. The lowest BCUT2D eigenvalue weighted by molar-refractivity contribution is 0.377. The smallest absolute Gasteiger partial charge is 0.135 e. The van der Waals surface area contributed by atoms with Gasteiger partial charge < -0.3 is 4.90 Å². The van der Waals surface area contributed by atoms with Crippen molar-refractivity contribution in [3.63, 3.8) is 0 Å². The molecule has 0 aromatic heterocycles. The van der Waals surface area contributed by atoms with Crippen molar-refractivity contribution in [2.24, 2.45) is 0 Å². The number of hydrogen-bond acceptors (Lipinski definition) is 3. The van der Waals surface area contributed by atoms with E-state index in [2.05, 4.69) is 42.5 Å². The maximum absolute atomic E-state index is 8.68. The maximum atomic E-state index is 8.68. The Morgan fingerprint density at radius 3 is 3.07 bits per heavy atom. The minimum absolute atomic E-state index is 0.205. The first-order chi connectivity index (χ1) is 6.77. The van der Waals surface area contributed by atoms with Gasteiger partial charge in [-0.3, -0.25) is 0 Å². The lowest BCUT2D eigenvalue weighted by Gasteiger charge is -2.29. The number of nitriles is 1. The van der Waals surface area contributed by atoms with Gasteiger partial charge in [0.1, 0.15) is 10.8 Å². The standard InChI is InChI=1S/C11H16N2S/c1-3-4-6-13-7-5-10(2)8-11(13)14-9-12/h5,7-8,11H,3-4,6H2,1-2H3. The van der Waals surface area contributed by atoms with Crippen LogP contribution in [0.1, 0.15) is 26.7 Å². The Hall–Kier alpha value is -0.880. The zero-order valence-electron chi connectivity index (χ0n) is 8.73. The molecule has 0 spiro atoms. The van der Waals surface area contributed by atoms with E-state index in [0.29, 0.717) is 0 Å². The lowest BCUT2D eigenvalue weighted by atomic mass is 10.2. The summed E-state index contributed by atoms with van der Waals surface area (Å²) in [5.74, 6) is 0. The molecule has 0 saturated carbocycles. The molecule has 0 aliphatic carbocycles. The van der Waals surface area contributed by atoms with E-state index in [9.17, 15) is 0 Å². The fourth-order valence-corrected chi connectivity index (χ4v) is 2.07. The fourth-order valence-electron chi connectivity index (χ4n) is 1.37. The molecule has 1 rings (SSSR count). The predicted octanol–water partition coefficient (Wildman–Crippen LogP) is 3.10. The van der Waals surface area contributed by atoms with Crippen LogP contribution < -0.4 is 0 Å². The van der Waals surface area contributed by atoms with Gasteiger partial charge in [0.05, 0.1) is 0 Å². The van der Waals surface area contributed by atoms with Crippen molar-refractivity contribution < 1.29 is 0 Å². The molecule has 0 radical (unpaired) electrons. The van der Waals surface area contributed by atoms with Crippen molar-refractivity contribution in [3.8, 4) is 5.40 Å². The third-order valence-electron chi connectivity index (χ3n) is 2.20. The van der Waals surface area contributed by atoms with Gasteiger partial charge in [-0.05, 0) is 37.3 Å². The molecule has 0 N–H and O–H groups in total. The Labute approximate surface area is 90.3 Å². The monoisotopic (exact) mass is 208 g/mol. The number of nitrogens with zero attached hydrogens (tertiary/aromatic N) is 2. The highest BCUT2D eigenvalue weighted by atomic mass is 32.2. The third kappa shape index (κ3) is 3.12. The van der Waals surface area contributed by atoms with E-state index in [0.717, 1.165) is 6.54 Å². The summed E-state index contributed by atoms with van der Waals surface area (Å²) in [5.41, 5.74) is 1.24. The number of hydrogen-bond donors (Lipinski definition) is 0. The number of allylic oxidation sites excluding steroid dienone is 2. The highest BCUT2D eigenvalue weighted by Crippen LogP contribution is 2.22. The zero-order chi connectivity index (χ0) is 10.4.